The number of rotatable bonds is 6. The zero-order chi connectivity index (χ0) is 16.9. The van der Waals surface area contributed by atoms with Crippen molar-refractivity contribution in [3.05, 3.63) is 35.4 Å². The minimum atomic E-state index is -4.38. The Hall–Kier alpha value is -1.60. The molecule has 0 radical (unpaired) electrons. The summed E-state index contributed by atoms with van der Waals surface area (Å²) in [6.07, 6.45) is -3.21. The quantitative estimate of drug-likeness (QED) is 0.750. The molecule has 2 unspecified atom stereocenters. The van der Waals surface area contributed by atoms with Gasteiger partial charge in [-0.05, 0) is 37.5 Å². The van der Waals surface area contributed by atoms with Crippen LogP contribution in [0.4, 0.5) is 13.2 Å². The maximum atomic E-state index is 12.4. The lowest BCUT2D eigenvalue weighted by Crippen LogP contribution is -2.27. The normalized spacial score (nSPS) is 19.6. The molecule has 23 heavy (non-hydrogen) atoms. The summed E-state index contributed by atoms with van der Waals surface area (Å²) < 4.78 is 53.1. The summed E-state index contributed by atoms with van der Waals surface area (Å²) in [4.78, 5) is 11.8. The van der Waals surface area contributed by atoms with Gasteiger partial charge in [0.05, 0.1) is 18.3 Å². The van der Waals surface area contributed by atoms with Gasteiger partial charge >= 0.3 is 12.1 Å². The number of carbonyl (C=O) groups is 1. The van der Waals surface area contributed by atoms with Crippen LogP contribution in [0.2, 0.25) is 0 Å². The number of halogens is 3. The Morgan fingerprint density at radius 2 is 2.04 bits per heavy atom. The van der Waals surface area contributed by atoms with Crippen LogP contribution in [0.5, 0.6) is 0 Å². The van der Waals surface area contributed by atoms with Crippen LogP contribution in [0.3, 0.4) is 0 Å². The third kappa shape index (κ3) is 5.51. The van der Waals surface area contributed by atoms with Crippen LogP contribution < -0.4 is 0 Å². The van der Waals surface area contributed by atoms with Crippen LogP contribution in [0.1, 0.15) is 30.9 Å². The van der Waals surface area contributed by atoms with E-state index < -0.39 is 23.8 Å². The first-order valence-corrected chi connectivity index (χ1v) is 7.42. The first kappa shape index (κ1) is 17.7. The molecule has 7 heteroatoms. The summed E-state index contributed by atoms with van der Waals surface area (Å²) in [5.41, 5.74) is -0.251. The molecule has 0 aliphatic carbocycles. The summed E-state index contributed by atoms with van der Waals surface area (Å²) in [6.45, 7) is 2.52. The lowest BCUT2D eigenvalue weighted by Gasteiger charge is -2.15. The number of ether oxygens (including phenoxy) is 3. The number of hydrogen-bond donors (Lipinski definition) is 0. The van der Waals surface area contributed by atoms with E-state index >= 15 is 0 Å². The van der Waals surface area contributed by atoms with E-state index in [1.807, 2.05) is 0 Å². The second-order valence-corrected chi connectivity index (χ2v) is 5.41. The molecule has 0 saturated carbocycles. The van der Waals surface area contributed by atoms with Crippen molar-refractivity contribution in [1.29, 1.82) is 0 Å². The minimum absolute atomic E-state index is 0.0140. The summed E-state index contributed by atoms with van der Waals surface area (Å²) >= 11 is 0. The Morgan fingerprint density at radius 3 is 2.61 bits per heavy atom. The van der Waals surface area contributed by atoms with Crippen molar-refractivity contribution in [2.45, 2.75) is 44.8 Å². The van der Waals surface area contributed by atoms with Crippen LogP contribution in [0.15, 0.2) is 24.3 Å². The van der Waals surface area contributed by atoms with Gasteiger partial charge in [-0.15, -0.1) is 0 Å². The molecule has 1 aliphatic heterocycles. The molecule has 1 aliphatic rings. The molecule has 1 aromatic rings. The summed E-state index contributed by atoms with van der Waals surface area (Å²) in [6, 6.07) is 4.49. The smallest absolute Gasteiger partial charge is 0.416 e. The van der Waals surface area contributed by atoms with Crippen molar-refractivity contribution < 1.29 is 32.2 Å². The molecule has 0 bridgehead atoms. The lowest BCUT2D eigenvalue weighted by molar-refractivity contribution is -0.159. The fourth-order valence-electron chi connectivity index (χ4n) is 2.16. The van der Waals surface area contributed by atoms with Crippen molar-refractivity contribution in [2.24, 2.45) is 0 Å². The fourth-order valence-corrected chi connectivity index (χ4v) is 2.16. The third-order valence-corrected chi connectivity index (χ3v) is 3.55. The monoisotopic (exact) mass is 332 g/mol. The van der Waals surface area contributed by atoms with E-state index in [1.54, 1.807) is 6.92 Å². The van der Waals surface area contributed by atoms with Crippen molar-refractivity contribution in [3.8, 4) is 0 Å². The maximum absolute atomic E-state index is 12.4. The van der Waals surface area contributed by atoms with E-state index in [2.05, 4.69) is 0 Å². The number of alkyl halides is 3. The Labute approximate surface area is 132 Å². The van der Waals surface area contributed by atoms with Crippen molar-refractivity contribution in [3.63, 3.8) is 0 Å². The van der Waals surface area contributed by atoms with E-state index in [0.717, 1.165) is 25.0 Å². The van der Waals surface area contributed by atoms with Crippen molar-refractivity contribution in [1.82, 2.24) is 0 Å². The first-order valence-electron chi connectivity index (χ1n) is 7.42. The second kappa shape index (κ2) is 7.79. The highest BCUT2D eigenvalue weighted by molar-refractivity contribution is 5.74. The van der Waals surface area contributed by atoms with E-state index in [1.165, 1.54) is 12.1 Å². The average Bonchev–Trinajstić information content (AvgIpc) is 3.03. The largest absolute Gasteiger partial charge is 0.459 e. The minimum Gasteiger partial charge on any atom is -0.459 e. The molecule has 2 atom stereocenters. The molecule has 128 valence electrons. The third-order valence-electron chi connectivity index (χ3n) is 3.55. The van der Waals surface area contributed by atoms with E-state index in [4.69, 9.17) is 14.2 Å². The molecule has 2 rings (SSSR count). The topological polar surface area (TPSA) is 44.8 Å². The van der Waals surface area contributed by atoms with Gasteiger partial charge < -0.3 is 14.2 Å². The zero-order valence-corrected chi connectivity index (χ0v) is 12.8. The molecule has 0 spiro atoms. The lowest BCUT2D eigenvalue weighted by atomic mass is 10.1. The number of esters is 1. The van der Waals surface area contributed by atoms with Gasteiger partial charge in [-0.1, -0.05) is 12.1 Å². The van der Waals surface area contributed by atoms with Gasteiger partial charge in [0.2, 0.25) is 0 Å². The molecule has 0 amide bonds. The van der Waals surface area contributed by atoms with E-state index in [0.29, 0.717) is 18.8 Å². The average molecular weight is 332 g/mol. The number of carbonyl (C=O) groups excluding carboxylic acids is 1. The van der Waals surface area contributed by atoms with Gasteiger partial charge in [-0.2, -0.15) is 13.2 Å². The Kier molecular flexibility index (Phi) is 6.01. The van der Waals surface area contributed by atoms with Crippen LogP contribution in [0, 0.1) is 0 Å². The molecule has 1 heterocycles. The van der Waals surface area contributed by atoms with Crippen LogP contribution in [-0.2, 0) is 31.8 Å². The van der Waals surface area contributed by atoms with E-state index in [9.17, 15) is 18.0 Å². The molecule has 1 saturated heterocycles. The summed E-state index contributed by atoms with van der Waals surface area (Å²) in [7, 11) is 0. The maximum Gasteiger partial charge on any atom is 0.416 e. The van der Waals surface area contributed by atoms with Crippen LogP contribution >= 0.6 is 0 Å². The van der Waals surface area contributed by atoms with E-state index in [-0.39, 0.29) is 12.7 Å². The van der Waals surface area contributed by atoms with Gasteiger partial charge in [-0.25, -0.2) is 4.79 Å². The molecular formula is C16H19F3O4. The molecular weight excluding hydrogens is 313 g/mol. The standard InChI is InChI=1S/C16H19F3O4/c1-11(22-10-14-3-2-8-21-14)15(20)23-9-12-4-6-13(7-5-12)16(17,18)19/h4-7,11,14H,2-3,8-10H2,1H3. The van der Waals surface area contributed by atoms with Crippen LogP contribution in [0.25, 0.3) is 0 Å². The molecule has 4 nitrogen and oxygen atoms in total. The molecule has 1 fully saturated rings. The van der Waals surface area contributed by atoms with Gasteiger partial charge in [0.15, 0.2) is 6.10 Å². The Morgan fingerprint density at radius 1 is 1.35 bits per heavy atom. The SMILES string of the molecule is CC(OCC1CCCO1)C(=O)OCc1ccc(C(F)(F)F)cc1. The number of benzene rings is 1. The predicted molar refractivity (Wildman–Crippen MR) is 75.6 cm³/mol. The van der Waals surface area contributed by atoms with Gasteiger partial charge in [0.25, 0.3) is 0 Å². The predicted octanol–water partition coefficient (Wildman–Crippen LogP) is 3.33. The fraction of sp³-hybridized carbons (Fsp3) is 0.562. The van der Waals surface area contributed by atoms with Crippen molar-refractivity contribution >= 4 is 5.97 Å². The summed E-state index contributed by atoms with van der Waals surface area (Å²) in [5.74, 6) is -0.553. The summed E-state index contributed by atoms with van der Waals surface area (Å²) in [5, 5.41) is 0. The van der Waals surface area contributed by atoms with Gasteiger partial charge in [-0.3, -0.25) is 0 Å². The highest BCUT2D eigenvalue weighted by Crippen LogP contribution is 2.29. The van der Waals surface area contributed by atoms with Crippen LogP contribution in [-0.4, -0.2) is 31.4 Å². The zero-order valence-electron chi connectivity index (χ0n) is 12.8. The number of hydrogen-bond acceptors (Lipinski definition) is 4. The van der Waals surface area contributed by atoms with Gasteiger partial charge in [0, 0.05) is 6.61 Å². The van der Waals surface area contributed by atoms with Gasteiger partial charge in [0.1, 0.15) is 6.61 Å². The first-order chi connectivity index (χ1) is 10.9. The Bertz CT molecular complexity index is 507. The molecule has 1 aromatic carbocycles. The highest BCUT2D eigenvalue weighted by atomic mass is 19.4. The highest BCUT2D eigenvalue weighted by Gasteiger charge is 2.30. The second-order valence-electron chi connectivity index (χ2n) is 5.41. The Balaban J connectivity index is 1.74. The molecule has 0 aromatic heterocycles. The molecule has 0 N–H and O–H groups in total. The van der Waals surface area contributed by atoms with Crippen molar-refractivity contribution in [2.75, 3.05) is 13.2 Å².